The number of thiophene rings is 1. The Morgan fingerprint density at radius 2 is 2.12 bits per heavy atom. The molecule has 1 aliphatic rings. The fraction of sp³-hybridized carbons (Fsp3) is 0.706. The molecule has 0 radical (unpaired) electrons. The standard InChI is InChI=1S/C17H28BrN3OS.HI/c1-17(2,3)15-12(6-5-9-22-15)10-20-16(19-4)21-11-13-7-8-14(18)23-13;/h7-8,12,15H,5-6,9-11H2,1-4H3,(H2,19,20,21);1H. The fourth-order valence-electron chi connectivity index (χ4n) is 3.08. The number of nitrogens with zero attached hydrogens (tertiary/aromatic N) is 1. The van der Waals surface area contributed by atoms with E-state index in [0.29, 0.717) is 12.0 Å². The highest BCUT2D eigenvalue weighted by molar-refractivity contribution is 14.0. The minimum atomic E-state index is 0. The zero-order valence-electron chi connectivity index (χ0n) is 14.9. The highest BCUT2D eigenvalue weighted by atomic mass is 127. The molecule has 2 unspecified atom stereocenters. The Bertz CT molecular complexity index is 530. The number of rotatable bonds is 4. The Hall–Kier alpha value is 0.140. The van der Waals surface area contributed by atoms with Crippen molar-refractivity contribution in [3.8, 4) is 0 Å². The van der Waals surface area contributed by atoms with Crippen LogP contribution in [-0.2, 0) is 11.3 Å². The minimum Gasteiger partial charge on any atom is -0.377 e. The van der Waals surface area contributed by atoms with E-state index in [9.17, 15) is 0 Å². The summed E-state index contributed by atoms with van der Waals surface area (Å²) in [6.07, 6.45) is 2.66. The van der Waals surface area contributed by atoms with E-state index < -0.39 is 0 Å². The molecule has 1 aromatic rings. The Labute approximate surface area is 175 Å². The van der Waals surface area contributed by atoms with Crippen LogP contribution >= 0.6 is 51.2 Å². The molecule has 0 spiro atoms. The van der Waals surface area contributed by atoms with Crippen LogP contribution in [0.1, 0.15) is 38.5 Å². The molecule has 7 heteroatoms. The summed E-state index contributed by atoms with van der Waals surface area (Å²) in [4.78, 5) is 5.61. The Kier molecular flexibility index (Phi) is 9.55. The minimum absolute atomic E-state index is 0. The average Bonchev–Trinajstić information content (AvgIpc) is 2.92. The lowest BCUT2D eigenvalue weighted by Crippen LogP contribution is -2.47. The molecule has 0 bridgehead atoms. The van der Waals surface area contributed by atoms with Crippen LogP contribution in [0.3, 0.4) is 0 Å². The van der Waals surface area contributed by atoms with Gasteiger partial charge in [0.2, 0.25) is 0 Å². The third-order valence-electron chi connectivity index (χ3n) is 4.11. The maximum atomic E-state index is 6.05. The van der Waals surface area contributed by atoms with Crippen LogP contribution in [0.4, 0.5) is 0 Å². The van der Waals surface area contributed by atoms with Gasteiger partial charge in [0.1, 0.15) is 0 Å². The largest absolute Gasteiger partial charge is 0.377 e. The van der Waals surface area contributed by atoms with Crippen molar-refractivity contribution >= 4 is 57.2 Å². The number of aliphatic imine (C=N–C) groups is 1. The number of hydrogen-bond donors (Lipinski definition) is 2. The van der Waals surface area contributed by atoms with Gasteiger partial charge in [0, 0.05) is 31.0 Å². The molecule has 0 aromatic carbocycles. The summed E-state index contributed by atoms with van der Waals surface area (Å²) in [5.41, 5.74) is 0.174. The summed E-state index contributed by atoms with van der Waals surface area (Å²) in [7, 11) is 1.82. The average molecular weight is 530 g/mol. The topological polar surface area (TPSA) is 45.7 Å². The number of guanidine groups is 1. The van der Waals surface area contributed by atoms with Crippen LogP contribution in [0.2, 0.25) is 0 Å². The zero-order valence-corrected chi connectivity index (χ0v) is 19.6. The highest BCUT2D eigenvalue weighted by Crippen LogP contribution is 2.33. The van der Waals surface area contributed by atoms with Crippen LogP contribution in [-0.4, -0.2) is 32.3 Å². The van der Waals surface area contributed by atoms with Gasteiger partial charge in [0.15, 0.2) is 5.96 Å². The first-order valence-corrected chi connectivity index (χ1v) is 9.81. The Balaban J connectivity index is 0.00000288. The molecule has 138 valence electrons. The third kappa shape index (κ3) is 6.80. The first kappa shape index (κ1) is 22.2. The van der Waals surface area contributed by atoms with E-state index in [2.05, 4.69) is 64.5 Å². The lowest BCUT2D eigenvalue weighted by atomic mass is 9.78. The van der Waals surface area contributed by atoms with E-state index in [-0.39, 0.29) is 29.4 Å². The van der Waals surface area contributed by atoms with Crippen LogP contribution in [0.5, 0.6) is 0 Å². The van der Waals surface area contributed by atoms with E-state index in [1.54, 1.807) is 11.3 Å². The van der Waals surface area contributed by atoms with E-state index in [1.807, 2.05) is 7.05 Å². The van der Waals surface area contributed by atoms with Gasteiger partial charge in [-0.05, 0) is 46.3 Å². The normalized spacial score (nSPS) is 22.0. The van der Waals surface area contributed by atoms with Crippen LogP contribution in [0, 0.1) is 11.3 Å². The second kappa shape index (κ2) is 10.3. The van der Waals surface area contributed by atoms with Gasteiger partial charge in [-0.25, -0.2) is 0 Å². The SMILES string of the molecule is CN=C(NCc1ccc(Br)s1)NCC1CCCOC1C(C)(C)C.I. The van der Waals surface area contributed by atoms with Crippen molar-refractivity contribution in [1.29, 1.82) is 0 Å². The number of halogens is 2. The third-order valence-corrected chi connectivity index (χ3v) is 5.74. The van der Waals surface area contributed by atoms with Crippen molar-refractivity contribution in [3.05, 3.63) is 20.8 Å². The molecule has 0 aliphatic carbocycles. The summed E-state index contributed by atoms with van der Waals surface area (Å²) in [5.74, 6) is 1.38. The molecule has 24 heavy (non-hydrogen) atoms. The first-order chi connectivity index (χ1) is 10.9. The molecule has 2 rings (SSSR count). The predicted octanol–water partition coefficient (Wildman–Crippen LogP) is 4.63. The summed E-state index contributed by atoms with van der Waals surface area (Å²) in [6, 6.07) is 4.20. The van der Waals surface area contributed by atoms with Gasteiger partial charge in [0.05, 0.1) is 16.4 Å². The molecule has 2 N–H and O–H groups in total. The summed E-state index contributed by atoms with van der Waals surface area (Å²) in [6.45, 7) is 9.36. The second-order valence-corrected chi connectivity index (χ2v) is 9.62. The molecule has 2 atom stereocenters. The second-order valence-electron chi connectivity index (χ2n) is 7.07. The van der Waals surface area contributed by atoms with Gasteiger partial charge in [-0.15, -0.1) is 35.3 Å². The highest BCUT2D eigenvalue weighted by Gasteiger charge is 2.35. The van der Waals surface area contributed by atoms with Crippen molar-refractivity contribution in [2.75, 3.05) is 20.2 Å². The quantitative estimate of drug-likeness (QED) is 0.339. The van der Waals surface area contributed by atoms with Gasteiger partial charge < -0.3 is 15.4 Å². The molecule has 2 heterocycles. The lowest BCUT2D eigenvalue weighted by molar-refractivity contribution is -0.0835. The lowest BCUT2D eigenvalue weighted by Gasteiger charge is -2.40. The fourth-order valence-corrected chi connectivity index (χ4v) is 4.50. The van der Waals surface area contributed by atoms with E-state index in [0.717, 1.165) is 35.9 Å². The summed E-state index contributed by atoms with van der Waals surface area (Å²) < 4.78 is 7.21. The van der Waals surface area contributed by atoms with Crippen molar-refractivity contribution in [1.82, 2.24) is 10.6 Å². The molecule has 1 fully saturated rings. The molecule has 1 saturated heterocycles. The molecule has 4 nitrogen and oxygen atoms in total. The Morgan fingerprint density at radius 3 is 2.71 bits per heavy atom. The van der Waals surface area contributed by atoms with Crippen LogP contribution < -0.4 is 10.6 Å². The predicted molar refractivity (Wildman–Crippen MR) is 118 cm³/mol. The molecule has 0 amide bonds. The van der Waals surface area contributed by atoms with E-state index in [4.69, 9.17) is 4.74 Å². The van der Waals surface area contributed by atoms with Crippen molar-refractivity contribution in [2.45, 2.75) is 46.3 Å². The molecule has 0 saturated carbocycles. The molecule has 1 aliphatic heterocycles. The first-order valence-electron chi connectivity index (χ1n) is 8.20. The molecular weight excluding hydrogens is 501 g/mol. The van der Waals surface area contributed by atoms with E-state index in [1.165, 1.54) is 11.3 Å². The van der Waals surface area contributed by atoms with Crippen LogP contribution in [0.25, 0.3) is 0 Å². The smallest absolute Gasteiger partial charge is 0.191 e. The van der Waals surface area contributed by atoms with Gasteiger partial charge in [-0.3, -0.25) is 4.99 Å². The number of hydrogen-bond acceptors (Lipinski definition) is 3. The van der Waals surface area contributed by atoms with Gasteiger partial charge in [-0.1, -0.05) is 20.8 Å². The maximum Gasteiger partial charge on any atom is 0.191 e. The van der Waals surface area contributed by atoms with Crippen molar-refractivity contribution < 1.29 is 4.74 Å². The van der Waals surface area contributed by atoms with E-state index >= 15 is 0 Å². The molecule has 1 aromatic heterocycles. The van der Waals surface area contributed by atoms with Gasteiger partial charge >= 0.3 is 0 Å². The maximum absolute atomic E-state index is 6.05. The van der Waals surface area contributed by atoms with Crippen molar-refractivity contribution in [2.24, 2.45) is 16.3 Å². The Morgan fingerprint density at radius 1 is 1.38 bits per heavy atom. The number of nitrogens with one attached hydrogen (secondary N) is 2. The number of ether oxygens (including phenoxy) is 1. The monoisotopic (exact) mass is 529 g/mol. The zero-order chi connectivity index (χ0) is 16.9. The van der Waals surface area contributed by atoms with Crippen molar-refractivity contribution in [3.63, 3.8) is 0 Å². The van der Waals surface area contributed by atoms with Crippen LogP contribution in [0.15, 0.2) is 20.9 Å². The molecular formula is C17H29BrIN3OS. The van der Waals surface area contributed by atoms with Gasteiger partial charge in [0.25, 0.3) is 0 Å². The summed E-state index contributed by atoms with van der Waals surface area (Å²) >= 11 is 5.24. The van der Waals surface area contributed by atoms with Gasteiger partial charge in [-0.2, -0.15) is 0 Å². The summed E-state index contributed by atoms with van der Waals surface area (Å²) in [5, 5.41) is 6.85.